The highest BCUT2D eigenvalue weighted by molar-refractivity contribution is 5.91. The number of imidazole rings is 1. The van der Waals surface area contributed by atoms with Gasteiger partial charge >= 0.3 is 6.03 Å². The fourth-order valence-corrected chi connectivity index (χ4v) is 4.37. The second kappa shape index (κ2) is 7.44. The van der Waals surface area contributed by atoms with E-state index in [4.69, 9.17) is 4.98 Å². The van der Waals surface area contributed by atoms with Crippen LogP contribution in [-0.2, 0) is 0 Å². The van der Waals surface area contributed by atoms with Crippen LogP contribution in [0.1, 0.15) is 18.2 Å². The number of fused-ring (bicyclic) bond motifs is 3. The smallest absolute Gasteiger partial charge is 0.329 e. The first kappa shape index (κ1) is 18.1. The van der Waals surface area contributed by atoms with Crippen molar-refractivity contribution in [3.8, 4) is 0 Å². The fraction of sp³-hybridized carbons (Fsp3) is 0.429. The number of amides is 1. The normalized spacial score (nSPS) is 20.3. The Balaban J connectivity index is 1.26. The van der Waals surface area contributed by atoms with Crippen LogP contribution >= 0.6 is 0 Å². The van der Waals surface area contributed by atoms with Gasteiger partial charge in [0.25, 0.3) is 0 Å². The molecule has 4 heterocycles. The molecule has 1 aromatic carbocycles. The van der Waals surface area contributed by atoms with E-state index in [-0.39, 0.29) is 11.9 Å². The highest BCUT2D eigenvalue weighted by atomic mass is 16.2. The zero-order valence-electron chi connectivity index (χ0n) is 16.6. The number of para-hydroxylation sites is 2. The van der Waals surface area contributed by atoms with Crippen LogP contribution in [0.25, 0.3) is 11.0 Å². The minimum Gasteiger partial charge on any atom is -0.338 e. The van der Waals surface area contributed by atoms with Crippen molar-refractivity contribution < 1.29 is 4.79 Å². The Morgan fingerprint density at radius 2 is 1.79 bits per heavy atom. The van der Waals surface area contributed by atoms with Crippen LogP contribution < -0.4 is 4.90 Å². The Bertz CT molecular complexity index is 1010. The number of likely N-dealkylation sites (N-methyl/N-ethyl adjacent to an activating group) is 1. The van der Waals surface area contributed by atoms with Crippen molar-refractivity contribution in [2.75, 3.05) is 51.2 Å². The summed E-state index contributed by atoms with van der Waals surface area (Å²) in [4.78, 5) is 32.8. The minimum absolute atomic E-state index is 0.0152. The average Bonchev–Trinajstić information content (AvgIpc) is 3.16. The van der Waals surface area contributed by atoms with Crippen molar-refractivity contribution >= 4 is 23.0 Å². The van der Waals surface area contributed by atoms with E-state index in [1.165, 1.54) is 0 Å². The molecule has 1 saturated heterocycles. The predicted octanol–water partition coefficient (Wildman–Crippen LogP) is 2.04. The number of benzene rings is 1. The minimum atomic E-state index is 0.0152. The lowest BCUT2D eigenvalue weighted by atomic mass is 10.0. The molecular formula is C21H25N7O. The zero-order valence-corrected chi connectivity index (χ0v) is 16.6. The molecule has 1 amide bonds. The molecule has 2 aliphatic heterocycles. The van der Waals surface area contributed by atoms with Gasteiger partial charge in [0.2, 0.25) is 5.95 Å². The van der Waals surface area contributed by atoms with E-state index in [1.54, 1.807) is 17.0 Å². The van der Waals surface area contributed by atoms with Crippen LogP contribution in [0.15, 0.2) is 42.7 Å². The number of carbonyl (C=O) groups is 1. The second-order valence-corrected chi connectivity index (χ2v) is 7.82. The maximum Gasteiger partial charge on any atom is 0.329 e. The lowest BCUT2D eigenvalue weighted by molar-refractivity contribution is 0.190. The molecule has 5 rings (SSSR count). The molecule has 3 aromatic rings. The quantitative estimate of drug-likeness (QED) is 0.678. The molecule has 1 fully saturated rings. The van der Waals surface area contributed by atoms with Crippen LogP contribution in [0, 0.1) is 0 Å². The van der Waals surface area contributed by atoms with E-state index in [1.807, 2.05) is 42.3 Å². The van der Waals surface area contributed by atoms with Gasteiger partial charge in [0.05, 0.1) is 11.0 Å². The second-order valence-electron chi connectivity index (χ2n) is 7.82. The Kier molecular flexibility index (Phi) is 4.63. The van der Waals surface area contributed by atoms with Crippen molar-refractivity contribution in [1.29, 1.82) is 0 Å². The van der Waals surface area contributed by atoms with Crippen LogP contribution in [-0.4, -0.2) is 81.7 Å². The first-order chi connectivity index (χ1) is 14.2. The molecule has 0 radical (unpaired) electrons. The van der Waals surface area contributed by atoms with E-state index < -0.39 is 0 Å². The molecule has 0 bridgehead atoms. The molecule has 0 saturated carbocycles. The molecule has 1 atom stereocenters. The molecular weight excluding hydrogens is 366 g/mol. The van der Waals surface area contributed by atoms with E-state index in [0.717, 1.165) is 68.5 Å². The number of anilines is 1. The third-order valence-corrected chi connectivity index (χ3v) is 5.97. The molecule has 0 spiro atoms. The van der Waals surface area contributed by atoms with Crippen molar-refractivity contribution in [2.45, 2.75) is 12.3 Å². The summed E-state index contributed by atoms with van der Waals surface area (Å²) in [6.45, 7) is 5.59. The van der Waals surface area contributed by atoms with E-state index in [2.05, 4.69) is 19.8 Å². The van der Waals surface area contributed by atoms with Crippen molar-refractivity contribution in [1.82, 2.24) is 29.3 Å². The Morgan fingerprint density at radius 1 is 1.03 bits per heavy atom. The van der Waals surface area contributed by atoms with Crippen LogP contribution in [0.5, 0.6) is 0 Å². The summed E-state index contributed by atoms with van der Waals surface area (Å²) in [5.74, 6) is 1.97. The van der Waals surface area contributed by atoms with Crippen LogP contribution in [0.3, 0.4) is 0 Å². The summed E-state index contributed by atoms with van der Waals surface area (Å²) >= 11 is 0. The van der Waals surface area contributed by atoms with Gasteiger partial charge in [-0.15, -0.1) is 0 Å². The predicted molar refractivity (Wildman–Crippen MR) is 111 cm³/mol. The standard InChI is InChI=1S/C21H25N7O/c1-25-15-16(19-24-17-5-2-3-6-18(17)28(19)21(25)29)7-10-26-11-13-27(14-12-26)20-22-8-4-9-23-20/h2-6,8-9,16H,7,10-15H2,1H3. The maximum absolute atomic E-state index is 12.7. The van der Waals surface area contributed by atoms with Gasteiger partial charge in [-0.25, -0.2) is 24.3 Å². The zero-order chi connectivity index (χ0) is 19.8. The number of nitrogens with zero attached hydrogens (tertiary/aromatic N) is 7. The third-order valence-electron chi connectivity index (χ3n) is 5.97. The lowest BCUT2D eigenvalue weighted by Gasteiger charge is -2.36. The monoisotopic (exact) mass is 391 g/mol. The molecule has 2 aliphatic rings. The molecule has 29 heavy (non-hydrogen) atoms. The molecule has 8 nitrogen and oxygen atoms in total. The highest BCUT2D eigenvalue weighted by Crippen LogP contribution is 2.29. The van der Waals surface area contributed by atoms with E-state index in [0.29, 0.717) is 0 Å². The summed E-state index contributed by atoms with van der Waals surface area (Å²) in [6, 6.07) is 9.76. The molecule has 0 N–H and O–H groups in total. The number of piperazine rings is 1. The van der Waals surface area contributed by atoms with E-state index in [9.17, 15) is 4.79 Å². The topological polar surface area (TPSA) is 70.4 Å². The Morgan fingerprint density at radius 3 is 2.59 bits per heavy atom. The Hall–Kier alpha value is -3.00. The number of hydrogen-bond donors (Lipinski definition) is 0. The van der Waals surface area contributed by atoms with Gasteiger partial charge in [-0.05, 0) is 31.2 Å². The summed E-state index contributed by atoms with van der Waals surface area (Å²) in [5.41, 5.74) is 1.80. The summed E-state index contributed by atoms with van der Waals surface area (Å²) in [7, 11) is 1.88. The number of rotatable bonds is 4. The number of hydrogen-bond acceptors (Lipinski definition) is 6. The van der Waals surface area contributed by atoms with Gasteiger partial charge in [0.1, 0.15) is 5.82 Å². The molecule has 1 unspecified atom stereocenters. The van der Waals surface area contributed by atoms with Gasteiger partial charge in [-0.1, -0.05) is 12.1 Å². The maximum atomic E-state index is 12.7. The SMILES string of the molecule is CN1CC(CCN2CCN(c3ncccn3)CC2)c2nc3ccccc3n2C1=O. The van der Waals surface area contributed by atoms with Crippen LogP contribution in [0.4, 0.5) is 10.7 Å². The molecule has 0 aliphatic carbocycles. The van der Waals surface area contributed by atoms with Gasteiger partial charge in [0, 0.05) is 58.1 Å². The average molecular weight is 391 g/mol. The van der Waals surface area contributed by atoms with Gasteiger partial charge in [-0.2, -0.15) is 0 Å². The van der Waals surface area contributed by atoms with Crippen molar-refractivity contribution in [3.63, 3.8) is 0 Å². The first-order valence-corrected chi connectivity index (χ1v) is 10.2. The Labute approximate surface area is 169 Å². The summed E-state index contributed by atoms with van der Waals surface area (Å²) < 4.78 is 1.80. The third kappa shape index (κ3) is 3.33. The van der Waals surface area contributed by atoms with Crippen molar-refractivity contribution in [3.05, 3.63) is 48.5 Å². The number of carbonyl (C=O) groups excluding carboxylic acids is 1. The largest absolute Gasteiger partial charge is 0.338 e. The number of aromatic nitrogens is 4. The summed E-state index contributed by atoms with van der Waals surface area (Å²) in [5, 5.41) is 0. The lowest BCUT2D eigenvalue weighted by Crippen LogP contribution is -2.48. The fourth-order valence-electron chi connectivity index (χ4n) is 4.37. The molecule has 150 valence electrons. The van der Waals surface area contributed by atoms with Gasteiger partial charge in [0.15, 0.2) is 0 Å². The molecule has 2 aromatic heterocycles. The summed E-state index contributed by atoms with van der Waals surface area (Å²) in [6.07, 6.45) is 4.58. The first-order valence-electron chi connectivity index (χ1n) is 10.2. The van der Waals surface area contributed by atoms with Crippen LogP contribution in [0.2, 0.25) is 0 Å². The highest BCUT2D eigenvalue weighted by Gasteiger charge is 2.32. The van der Waals surface area contributed by atoms with Gasteiger partial charge < -0.3 is 9.80 Å². The van der Waals surface area contributed by atoms with Gasteiger partial charge in [-0.3, -0.25) is 4.90 Å². The van der Waals surface area contributed by atoms with Crippen molar-refractivity contribution in [2.24, 2.45) is 0 Å². The van der Waals surface area contributed by atoms with E-state index >= 15 is 0 Å². The molecule has 8 heteroatoms.